The second-order valence-corrected chi connectivity index (χ2v) is 7.42. The van der Waals surface area contributed by atoms with Gasteiger partial charge in [0.2, 0.25) is 0 Å². The fourth-order valence-electron chi connectivity index (χ4n) is 3.16. The summed E-state index contributed by atoms with van der Waals surface area (Å²) >= 11 is 12.1. The molecule has 1 aromatic heterocycles. The summed E-state index contributed by atoms with van der Waals surface area (Å²) < 4.78 is 16.7. The summed E-state index contributed by atoms with van der Waals surface area (Å²) in [5, 5.41) is 16.1. The van der Waals surface area contributed by atoms with Crippen molar-refractivity contribution in [3.8, 4) is 11.5 Å². The van der Waals surface area contributed by atoms with E-state index in [1.54, 1.807) is 30.3 Å². The Kier molecular flexibility index (Phi) is 6.17. The van der Waals surface area contributed by atoms with Crippen LogP contribution in [0.3, 0.4) is 0 Å². The van der Waals surface area contributed by atoms with Crippen molar-refractivity contribution >= 4 is 51.7 Å². The second-order valence-electron chi connectivity index (χ2n) is 6.60. The van der Waals surface area contributed by atoms with Crippen molar-refractivity contribution in [2.24, 2.45) is 0 Å². The van der Waals surface area contributed by atoms with E-state index in [-0.39, 0.29) is 19.8 Å². The lowest BCUT2D eigenvalue weighted by atomic mass is 10.2. The van der Waals surface area contributed by atoms with E-state index >= 15 is 0 Å². The number of nitrogens with zero attached hydrogens (tertiary/aromatic N) is 3. The lowest BCUT2D eigenvalue weighted by molar-refractivity contribution is -0.278. The smallest absolute Gasteiger partial charge is 0.197 e. The summed E-state index contributed by atoms with van der Waals surface area (Å²) in [6.07, 6.45) is -0.792. The quantitative estimate of drug-likeness (QED) is 0.614. The van der Waals surface area contributed by atoms with E-state index in [2.05, 4.69) is 15.3 Å². The summed E-state index contributed by atoms with van der Waals surface area (Å²) in [6.45, 7) is 0.505. The van der Waals surface area contributed by atoms with Crippen LogP contribution >= 0.6 is 23.2 Å². The van der Waals surface area contributed by atoms with Crippen LogP contribution in [-0.4, -0.2) is 54.1 Å². The Hall–Kier alpha value is -3.01. The zero-order valence-electron chi connectivity index (χ0n) is 16.3. The van der Waals surface area contributed by atoms with Crippen molar-refractivity contribution in [3.63, 3.8) is 0 Å². The molecule has 162 valence electrons. The molecule has 1 amide bonds. The highest BCUT2D eigenvalue weighted by molar-refractivity contribution is 6.42. The van der Waals surface area contributed by atoms with Crippen LogP contribution < -0.4 is 19.9 Å². The monoisotopic (exact) mass is 463 g/mol. The van der Waals surface area contributed by atoms with Crippen LogP contribution in [0.5, 0.6) is 11.5 Å². The van der Waals surface area contributed by atoms with Crippen molar-refractivity contribution in [1.82, 2.24) is 14.9 Å². The molecule has 0 radical (unpaired) electrons. The van der Waals surface area contributed by atoms with E-state index in [0.29, 0.717) is 44.0 Å². The van der Waals surface area contributed by atoms with Gasteiger partial charge in [0.05, 0.1) is 29.3 Å². The van der Waals surface area contributed by atoms with Gasteiger partial charge in [0.25, 0.3) is 0 Å². The van der Waals surface area contributed by atoms with Gasteiger partial charge in [0.15, 0.2) is 17.7 Å². The predicted octanol–water partition coefficient (Wildman–Crippen LogP) is 3.07. The summed E-state index contributed by atoms with van der Waals surface area (Å²) in [4.78, 5) is 21.1. The van der Waals surface area contributed by atoms with Gasteiger partial charge in [-0.2, -0.15) is 0 Å². The highest BCUT2D eigenvalue weighted by Crippen LogP contribution is 2.36. The number of carbonyl (C=O) groups excluding carboxylic acids is 1. The number of methoxy groups -OCH3 is 1. The first-order chi connectivity index (χ1) is 15.0. The van der Waals surface area contributed by atoms with Crippen LogP contribution in [0.4, 0.5) is 16.3 Å². The van der Waals surface area contributed by atoms with E-state index < -0.39 is 12.3 Å². The number of aromatic nitrogens is 2. The minimum Gasteiger partial charge on any atom is -0.530 e. The Balaban J connectivity index is 1.68. The zero-order valence-corrected chi connectivity index (χ0v) is 17.8. The molecule has 4 rings (SSSR count). The normalized spacial score (nSPS) is 16.2. The zero-order chi connectivity index (χ0) is 22.0. The lowest BCUT2D eigenvalue weighted by Crippen LogP contribution is -2.55. The maximum atomic E-state index is 11.4. The minimum atomic E-state index is -1.33. The molecule has 0 bridgehead atoms. The van der Waals surface area contributed by atoms with Gasteiger partial charge in [-0.1, -0.05) is 23.2 Å². The molecule has 1 fully saturated rings. The number of fused-ring (bicyclic) bond motifs is 1. The molecule has 9 nitrogen and oxygen atoms in total. The Morgan fingerprint density at radius 1 is 1.23 bits per heavy atom. The Labute approximate surface area is 187 Å². The van der Waals surface area contributed by atoms with Crippen LogP contribution in [0.2, 0.25) is 10.0 Å². The minimum absolute atomic E-state index is 0.0725. The topological polar surface area (TPSA) is 109 Å². The third kappa shape index (κ3) is 4.53. The van der Waals surface area contributed by atoms with E-state index in [9.17, 15) is 9.90 Å². The van der Waals surface area contributed by atoms with Crippen LogP contribution in [-0.2, 0) is 4.74 Å². The maximum Gasteiger partial charge on any atom is 0.197 e. The van der Waals surface area contributed by atoms with Crippen molar-refractivity contribution in [2.75, 3.05) is 32.2 Å². The summed E-state index contributed by atoms with van der Waals surface area (Å²) in [5.74, 6) is 1.21. The number of benzene rings is 2. The van der Waals surface area contributed by atoms with E-state index in [1.807, 2.05) is 0 Å². The molecular weight excluding hydrogens is 447 g/mol. The number of anilines is 2. The number of ether oxygens (including phenoxy) is 3. The van der Waals surface area contributed by atoms with Gasteiger partial charge in [0.1, 0.15) is 24.8 Å². The molecule has 1 saturated heterocycles. The molecule has 2 heterocycles. The van der Waals surface area contributed by atoms with Crippen molar-refractivity contribution in [2.45, 2.75) is 6.23 Å². The molecule has 1 aliphatic heterocycles. The van der Waals surface area contributed by atoms with Gasteiger partial charge in [0, 0.05) is 23.7 Å². The first-order valence-corrected chi connectivity index (χ1v) is 9.98. The molecule has 3 aromatic rings. The number of carboxylic acid groups (broad SMARTS) is 1. The number of nitrogens with one attached hydrogen (secondary N) is 1. The van der Waals surface area contributed by atoms with Gasteiger partial charge < -0.3 is 34.3 Å². The van der Waals surface area contributed by atoms with Crippen molar-refractivity contribution in [3.05, 3.63) is 46.7 Å². The van der Waals surface area contributed by atoms with Crippen LogP contribution in [0.15, 0.2) is 36.7 Å². The Morgan fingerprint density at radius 2 is 2.06 bits per heavy atom. The molecule has 2 aromatic carbocycles. The van der Waals surface area contributed by atoms with E-state index in [4.69, 9.17) is 37.4 Å². The fraction of sp³-hybridized carbons (Fsp3) is 0.250. The first-order valence-electron chi connectivity index (χ1n) is 9.23. The molecule has 1 atom stereocenters. The SMILES string of the molecule is COc1cc2c(Nc3ccc(Cl)c(Cl)c3)ncnc2cc1OC1COCCN1C(=O)[O-]. The van der Waals surface area contributed by atoms with Gasteiger partial charge in [-0.05, 0) is 24.3 Å². The van der Waals surface area contributed by atoms with Gasteiger partial charge in [-0.15, -0.1) is 0 Å². The highest BCUT2D eigenvalue weighted by Gasteiger charge is 2.26. The number of morpholine rings is 1. The van der Waals surface area contributed by atoms with E-state index in [0.717, 1.165) is 4.90 Å². The largest absolute Gasteiger partial charge is 0.530 e. The molecule has 1 N–H and O–H groups in total. The summed E-state index contributed by atoms with van der Waals surface area (Å²) in [5.41, 5.74) is 1.25. The molecule has 0 aliphatic carbocycles. The van der Waals surface area contributed by atoms with E-state index in [1.165, 1.54) is 13.4 Å². The standard InChI is InChI=1S/C20H18Cl2N4O5/c1-29-16-7-12-15(8-17(16)31-18-9-30-5-4-26(18)20(27)28)23-10-24-19(12)25-11-2-3-13(21)14(22)6-11/h2-3,6-8,10,18H,4-5,9H2,1H3,(H,27,28)(H,23,24,25)/p-1. The number of hydrogen-bond acceptors (Lipinski definition) is 8. The number of rotatable bonds is 5. The molecule has 31 heavy (non-hydrogen) atoms. The third-order valence-corrected chi connectivity index (χ3v) is 5.42. The van der Waals surface area contributed by atoms with Crippen LogP contribution in [0.1, 0.15) is 0 Å². The molecule has 0 saturated carbocycles. The Morgan fingerprint density at radius 3 is 2.81 bits per heavy atom. The second kappa shape index (κ2) is 9.01. The highest BCUT2D eigenvalue weighted by atomic mass is 35.5. The molecule has 0 spiro atoms. The molecule has 11 heteroatoms. The average Bonchev–Trinajstić information content (AvgIpc) is 2.76. The van der Waals surface area contributed by atoms with Crippen molar-refractivity contribution < 1.29 is 24.1 Å². The van der Waals surface area contributed by atoms with Crippen LogP contribution in [0, 0.1) is 0 Å². The predicted molar refractivity (Wildman–Crippen MR) is 113 cm³/mol. The van der Waals surface area contributed by atoms with Crippen LogP contribution in [0.25, 0.3) is 10.9 Å². The maximum absolute atomic E-state index is 11.4. The number of hydrogen-bond donors (Lipinski definition) is 1. The molecular formula is C20H17Cl2N4O5-. The lowest BCUT2D eigenvalue weighted by Gasteiger charge is -2.37. The number of carbonyl (C=O) groups is 1. The third-order valence-electron chi connectivity index (χ3n) is 4.69. The Bertz CT molecular complexity index is 1130. The van der Waals surface area contributed by atoms with Gasteiger partial charge in [-0.25, -0.2) is 9.97 Å². The molecule has 1 unspecified atom stereocenters. The van der Waals surface area contributed by atoms with Gasteiger partial charge >= 0.3 is 0 Å². The fourth-order valence-corrected chi connectivity index (χ4v) is 3.46. The molecule has 1 aliphatic rings. The first kappa shape index (κ1) is 21.2. The van der Waals surface area contributed by atoms with Crippen molar-refractivity contribution in [1.29, 1.82) is 0 Å². The number of halogens is 2. The number of amides is 1. The summed E-state index contributed by atoms with van der Waals surface area (Å²) in [7, 11) is 1.48. The average molecular weight is 464 g/mol. The summed E-state index contributed by atoms with van der Waals surface area (Å²) in [6, 6.07) is 8.49. The van der Waals surface area contributed by atoms with Gasteiger partial charge in [-0.3, -0.25) is 0 Å².